The number of carbonyl (C=O) groups is 1. The summed E-state index contributed by atoms with van der Waals surface area (Å²) in [5.41, 5.74) is 0.826. The zero-order chi connectivity index (χ0) is 18.3. The number of nitrogens with zero attached hydrogens (tertiary/aromatic N) is 1. The lowest BCUT2D eigenvalue weighted by molar-refractivity contribution is -0.0116. The molecule has 2 aliphatic heterocycles. The van der Waals surface area contributed by atoms with Gasteiger partial charge in [-0.2, -0.15) is 0 Å². The Morgan fingerprint density at radius 3 is 2.62 bits per heavy atom. The van der Waals surface area contributed by atoms with Gasteiger partial charge in [-0.1, -0.05) is 23.2 Å². The maximum atomic E-state index is 13.7. The summed E-state index contributed by atoms with van der Waals surface area (Å²) in [7, 11) is 0. The predicted molar refractivity (Wildman–Crippen MR) is 99.5 cm³/mol. The number of amides is 1. The van der Waals surface area contributed by atoms with Crippen LogP contribution in [0, 0.1) is 11.7 Å². The van der Waals surface area contributed by atoms with Crippen molar-refractivity contribution in [3.63, 3.8) is 0 Å². The molecule has 4 rings (SSSR count). The number of hydrogen-bond donors (Lipinski definition) is 2. The number of rotatable bonds is 4. The van der Waals surface area contributed by atoms with Crippen molar-refractivity contribution in [3.8, 4) is 0 Å². The average Bonchev–Trinajstić information content (AvgIpc) is 2.94. The van der Waals surface area contributed by atoms with Crippen molar-refractivity contribution in [1.82, 2.24) is 15.2 Å². The van der Waals surface area contributed by atoms with E-state index < -0.39 is 5.82 Å². The van der Waals surface area contributed by atoms with E-state index in [1.54, 1.807) is 4.90 Å². The second-order valence-electron chi connectivity index (χ2n) is 6.95. The standard InChI is InChI=1S/C18H20Cl2FN3O2/c19-15-12(21)1-2-13-14(15)16(20)17(23-13)18(25)24-5-3-10(4-6-24)9-26-11-7-22-8-11/h1-2,10-11,22-23H,3-9H2. The first-order valence-corrected chi connectivity index (χ1v) is 9.57. The summed E-state index contributed by atoms with van der Waals surface area (Å²) in [5.74, 6) is -0.256. The van der Waals surface area contributed by atoms with Gasteiger partial charge in [0.2, 0.25) is 0 Å². The third-order valence-electron chi connectivity index (χ3n) is 5.22. The average molecular weight is 400 g/mol. The summed E-state index contributed by atoms with van der Waals surface area (Å²) in [4.78, 5) is 17.6. The Bertz CT molecular complexity index is 829. The Balaban J connectivity index is 1.43. The summed E-state index contributed by atoms with van der Waals surface area (Å²) in [6.45, 7) is 3.92. The van der Waals surface area contributed by atoms with E-state index in [-0.39, 0.29) is 21.6 Å². The van der Waals surface area contributed by atoms with Crippen LogP contribution in [0.3, 0.4) is 0 Å². The van der Waals surface area contributed by atoms with Gasteiger partial charge in [0.05, 0.1) is 22.8 Å². The fraction of sp³-hybridized carbons (Fsp3) is 0.500. The zero-order valence-electron chi connectivity index (χ0n) is 14.2. The minimum absolute atomic E-state index is 0.0656. The number of aromatic nitrogens is 1. The number of benzene rings is 1. The molecule has 1 amide bonds. The van der Waals surface area contributed by atoms with Crippen LogP contribution in [-0.4, -0.2) is 54.7 Å². The Morgan fingerprint density at radius 2 is 1.96 bits per heavy atom. The Labute approximate surface area is 160 Å². The number of halogens is 3. The van der Waals surface area contributed by atoms with E-state index in [4.69, 9.17) is 27.9 Å². The quantitative estimate of drug-likeness (QED) is 0.827. The number of hydrogen-bond acceptors (Lipinski definition) is 3. The molecule has 0 bridgehead atoms. The molecule has 2 saturated heterocycles. The van der Waals surface area contributed by atoms with Crippen molar-refractivity contribution in [2.45, 2.75) is 18.9 Å². The van der Waals surface area contributed by atoms with Gasteiger partial charge in [-0.15, -0.1) is 0 Å². The lowest BCUT2D eigenvalue weighted by atomic mass is 9.97. The van der Waals surface area contributed by atoms with E-state index >= 15 is 0 Å². The number of piperidine rings is 1. The molecule has 26 heavy (non-hydrogen) atoms. The second kappa shape index (κ2) is 7.35. The number of carbonyl (C=O) groups excluding carboxylic acids is 1. The minimum Gasteiger partial charge on any atom is -0.375 e. The highest BCUT2D eigenvalue weighted by Crippen LogP contribution is 2.35. The Morgan fingerprint density at radius 1 is 1.23 bits per heavy atom. The molecule has 2 fully saturated rings. The molecular formula is C18H20Cl2FN3O2. The maximum Gasteiger partial charge on any atom is 0.271 e. The fourth-order valence-electron chi connectivity index (χ4n) is 3.44. The molecule has 1 aromatic heterocycles. The van der Waals surface area contributed by atoms with Crippen LogP contribution < -0.4 is 5.32 Å². The lowest BCUT2D eigenvalue weighted by Gasteiger charge is -2.34. The van der Waals surface area contributed by atoms with Gasteiger partial charge in [-0.25, -0.2) is 4.39 Å². The molecule has 0 saturated carbocycles. The van der Waals surface area contributed by atoms with Crippen molar-refractivity contribution in [1.29, 1.82) is 0 Å². The maximum absolute atomic E-state index is 13.7. The predicted octanol–water partition coefficient (Wildman–Crippen LogP) is 3.45. The summed E-state index contributed by atoms with van der Waals surface area (Å²) in [6.07, 6.45) is 2.14. The number of nitrogens with one attached hydrogen (secondary N) is 2. The number of H-pyrrole nitrogens is 1. The molecule has 5 nitrogen and oxygen atoms in total. The van der Waals surface area contributed by atoms with Gasteiger partial charge in [0, 0.05) is 37.1 Å². The van der Waals surface area contributed by atoms with Crippen LogP contribution in [0.15, 0.2) is 12.1 Å². The Hall–Kier alpha value is -1.34. The Kier molecular flexibility index (Phi) is 5.10. The van der Waals surface area contributed by atoms with E-state index in [1.165, 1.54) is 12.1 Å². The fourth-order valence-corrected chi connectivity index (χ4v) is 4.08. The van der Waals surface area contributed by atoms with Crippen molar-refractivity contribution >= 4 is 40.0 Å². The minimum atomic E-state index is -0.554. The van der Waals surface area contributed by atoms with Crippen LogP contribution in [0.5, 0.6) is 0 Å². The molecule has 3 heterocycles. The highest BCUT2D eigenvalue weighted by molar-refractivity contribution is 6.44. The van der Waals surface area contributed by atoms with Crippen LogP contribution in [0.25, 0.3) is 10.9 Å². The molecule has 0 aliphatic carbocycles. The van der Waals surface area contributed by atoms with Gasteiger partial charge in [-0.05, 0) is 30.9 Å². The van der Waals surface area contributed by atoms with Gasteiger partial charge >= 0.3 is 0 Å². The van der Waals surface area contributed by atoms with Crippen LogP contribution in [0.2, 0.25) is 10.0 Å². The molecule has 0 atom stereocenters. The van der Waals surface area contributed by atoms with Gasteiger partial charge < -0.3 is 19.9 Å². The van der Waals surface area contributed by atoms with Gasteiger partial charge in [-0.3, -0.25) is 4.79 Å². The lowest BCUT2D eigenvalue weighted by Crippen LogP contribution is -2.49. The van der Waals surface area contributed by atoms with Crippen molar-refractivity contribution in [3.05, 3.63) is 33.7 Å². The van der Waals surface area contributed by atoms with Gasteiger partial charge in [0.1, 0.15) is 11.5 Å². The van der Waals surface area contributed by atoms with E-state index in [2.05, 4.69) is 10.3 Å². The van der Waals surface area contributed by atoms with Gasteiger partial charge in [0.15, 0.2) is 0 Å². The monoisotopic (exact) mass is 399 g/mol. The topological polar surface area (TPSA) is 57.4 Å². The molecular weight excluding hydrogens is 380 g/mol. The SMILES string of the molecule is O=C(c1[nH]c2ccc(F)c(Cl)c2c1Cl)N1CCC(COC2CNC2)CC1. The highest BCUT2D eigenvalue weighted by atomic mass is 35.5. The van der Waals surface area contributed by atoms with Crippen LogP contribution >= 0.6 is 23.2 Å². The summed E-state index contributed by atoms with van der Waals surface area (Å²) >= 11 is 12.3. The van der Waals surface area contributed by atoms with Gasteiger partial charge in [0.25, 0.3) is 5.91 Å². The molecule has 2 N–H and O–H groups in total. The molecule has 1 aromatic carbocycles. The molecule has 0 radical (unpaired) electrons. The van der Waals surface area contributed by atoms with E-state index in [1.807, 2.05) is 0 Å². The molecule has 140 valence electrons. The number of aromatic amines is 1. The summed E-state index contributed by atoms with van der Waals surface area (Å²) in [6, 6.07) is 2.80. The molecule has 2 aromatic rings. The third kappa shape index (κ3) is 3.31. The first-order valence-electron chi connectivity index (χ1n) is 8.81. The molecule has 0 unspecified atom stereocenters. The number of ether oxygens (including phenoxy) is 1. The van der Waals surface area contributed by atoms with E-state index in [9.17, 15) is 9.18 Å². The van der Waals surface area contributed by atoms with E-state index in [0.29, 0.717) is 36.0 Å². The molecule has 0 spiro atoms. The summed E-state index contributed by atoms with van der Waals surface area (Å²) < 4.78 is 19.5. The van der Waals surface area contributed by atoms with Crippen molar-refractivity contribution in [2.75, 3.05) is 32.8 Å². The summed E-state index contributed by atoms with van der Waals surface area (Å²) in [5, 5.41) is 3.65. The first-order chi connectivity index (χ1) is 12.5. The third-order valence-corrected chi connectivity index (χ3v) is 5.97. The number of fused-ring (bicyclic) bond motifs is 1. The zero-order valence-corrected chi connectivity index (χ0v) is 15.7. The van der Waals surface area contributed by atoms with Crippen molar-refractivity contribution < 1.29 is 13.9 Å². The smallest absolute Gasteiger partial charge is 0.271 e. The van der Waals surface area contributed by atoms with Crippen LogP contribution in [0.4, 0.5) is 4.39 Å². The highest BCUT2D eigenvalue weighted by Gasteiger charge is 2.28. The normalized spacial score (nSPS) is 19.1. The van der Waals surface area contributed by atoms with Crippen molar-refractivity contribution in [2.24, 2.45) is 5.92 Å². The van der Waals surface area contributed by atoms with Crippen LogP contribution in [-0.2, 0) is 4.74 Å². The van der Waals surface area contributed by atoms with Crippen LogP contribution in [0.1, 0.15) is 23.3 Å². The second-order valence-corrected chi connectivity index (χ2v) is 7.70. The number of likely N-dealkylation sites (tertiary alicyclic amines) is 1. The van der Waals surface area contributed by atoms with E-state index in [0.717, 1.165) is 32.5 Å². The largest absolute Gasteiger partial charge is 0.375 e. The first kappa shape index (κ1) is 18.0. The molecule has 2 aliphatic rings. The molecule has 8 heteroatoms.